The molecule has 0 saturated carbocycles. The number of carboxylic acids is 1. The van der Waals surface area contributed by atoms with E-state index < -0.39 is 72.4 Å². The fourth-order valence-electron chi connectivity index (χ4n) is 6.33. The van der Waals surface area contributed by atoms with Crippen molar-refractivity contribution in [2.45, 2.75) is 56.9 Å². The number of nitrogens with one attached hydrogen (secondary N) is 2. The molecule has 1 aliphatic heterocycles. The molecular formula is C39H40FN5O10. The number of anilines is 1. The van der Waals surface area contributed by atoms with Gasteiger partial charge in [-0.3, -0.25) is 34.0 Å². The summed E-state index contributed by atoms with van der Waals surface area (Å²) in [5, 5.41) is 11.7. The van der Waals surface area contributed by atoms with Crippen LogP contribution >= 0.6 is 0 Å². The maximum atomic E-state index is 16.8. The molecule has 0 radical (unpaired) electrons. The first-order valence-corrected chi connectivity index (χ1v) is 17.4. The fourth-order valence-corrected chi connectivity index (χ4v) is 6.33. The predicted molar refractivity (Wildman–Crippen MR) is 195 cm³/mol. The van der Waals surface area contributed by atoms with Gasteiger partial charge in [-0.25, -0.2) is 9.37 Å². The van der Waals surface area contributed by atoms with Crippen LogP contribution < -0.4 is 20.3 Å². The van der Waals surface area contributed by atoms with Crippen LogP contribution in [0.25, 0.3) is 11.2 Å². The van der Waals surface area contributed by atoms with Crippen LogP contribution in [0.5, 0.6) is 11.5 Å². The molecule has 1 fully saturated rings. The van der Waals surface area contributed by atoms with Crippen LogP contribution in [0, 0.1) is 5.92 Å². The summed E-state index contributed by atoms with van der Waals surface area (Å²) in [6.45, 7) is 2.95. The number of alkyl halides is 1. The van der Waals surface area contributed by atoms with Crippen molar-refractivity contribution < 1.29 is 47.6 Å². The predicted octanol–water partition coefficient (Wildman–Crippen LogP) is 4.75. The molecule has 1 amide bonds. The molecule has 288 valence electrons. The lowest BCUT2D eigenvalue weighted by Crippen LogP contribution is -2.41. The van der Waals surface area contributed by atoms with Crippen LogP contribution in [-0.2, 0) is 34.2 Å². The number of benzene rings is 3. The van der Waals surface area contributed by atoms with E-state index >= 15 is 4.39 Å². The minimum Gasteiger partial charge on any atom is -0.497 e. The molecule has 3 N–H and O–H groups in total. The molecule has 6 rings (SSSR count). The molecule has 5 aromatic rings. The first-order chi connectivity index (χ1) is 26.4. The summed E-state index contributed by atoms with van der Waals surface area (Å²) < 4.78 is 47.6. The number of aromatic amines is 1. The number of nitrogens with zero attached hydrogens (tertiary/aromatic N) is 3. The van der Waals surface area contributed by atoms with Crippen molar-refractivity contribution in [1.82, 2.24) is 19.5 Å². The summed E-state index contributed by atoms with van der Waals surface area (Å²) in [5.41, 5.74) is -0.272. The Morgan fingerprint density at radius 1 is 0.945 bits per heavy atom. The number of hydrogen-bond donors (Lipinski definition) is 3. The van der Waals surface area contributed by atoms with E-state index in [0.29, 0.717) is 28.2 Å². The number of esters is 1. The second kappa shape index (κ2) is 16.5. The molecule has 15 nitrogen and oxygen atoms in total. The Balaban J connectivity index is 1.42. The summed E-state index contributed by atoms with van der Waals surface area (Å²) in [7, 11) is 3.10. The standard InChI is InChI=1S/C39H40FN5O10/c1-22(2)35(49)43-38-42-34-32(36(50)44-38)41-21-45(34)37-31(40)33(55-30(48)19-18-29(46)47)28(54-37)20-53-39(23-8-6-5-7-9-23,24-10-14-26(51-3)15-11-24)25-12-16-27(52-4)17-13-25/h5-17,21-22,28,31,33,37H,18-20H2,1-4H3,(H,46,47)(H2,42,43,44,49,50)/t28-,31?,33+,37-/m1/s1. The number of hydrogen-bond acceptors (Lipinski definition) is 11. The maximum Gasteiger partial charge on any atom is 0.306 e. The summed E-state index contributed by atoms with van der Waals surface area (Å²) in [4.78, 5) is 60.4. The highest BCUT2D eigenvalue weighted by Gasteiger charge is 2.51. The average Bonchev–Trinajstić information content (AvgIpc) is 3.75. The third kappa shape index (κ3) is 8.05. The second-order valence-electron chi connectivity index (χ2n) is 13.1. The zero-order chi connectivity index (χ0) is 39.3. The Hall–Kier alpha value is -6.13. The van der Waals surface area contributed by atoms with E-state index in [2.05, 4.69) is 20.3 Å². The summed E-state index contributed by atoms with van der Waals surface area (Å²) >= 11 is 0. The number of imidazole rings is 1. The van der Waals surface area contributed by atoms with E-state index in [0.717, 1.165) is 6.33 Å². The fraction of sp³-hybridized carbons (Fsp3) is 0.333. The quantitative estimate of drug-likeness (QED) is 0.0982. The lowest BCUT2D eigenvalue weighted by molar-refractivity contribution is -0.159. The normalized spacial score (nSPS) is 18.3. The summed E-state index contributed by atoms with van der Waals surface area (Å²) in [6, 6.07) is 23.8. The highest BCUT2D eigenvalue weighted by atomic mass is 19.1. The number of methoxy groups -OCH3 is 2. The van der Waals surface area contributed by atoms with Gasteiger partial charge in [0.15, 0.2) is 29.7 Å². The molecule has 3 heterocycles. The van der Waals surface area contributed by atoms with Gasteiger partial charge in [0, 0.05) is 5.92 Å². The monoisotopic (exact) mass is 757 g/mol. The van der Waals surface area contributed by atoms with E-state index in [9.17, 15) is 24.3 Å². The minimum atomic E-state index is -2.08. The van der Waals surface area contributed by atoms with E-state index in [1.807, 2.05) is 54.6 Å². The molecule has 4 atom stereocenters. The molecule has 1 saturated heterocycles. The second-order valence-corrected chi connectivity index (χ2v) is 13.1. The lowest BCUT2D eigenvalue weighted by Gasteiger charge is -2.37. The van der Waals surface area contributed by atoms with Gasteiger partial charge in [0.1, 0.15) is 23.2 Å². The van der Waals surface area contributed by atoms with Crippen LogP contribution in [0.1, 0.15) is 49.6 Å². The van der Waals surface area contributed by atoms with Gasteiger partial charge in [0.2, 0.25) is 11.9 Å². The Bertz CT molecular complexity index is 2140. The minimum absolute atomic E-state index is 0.108. The van der Waals surface area contributed by atoms with Gasteiger partial charge in [0.05, 0.1) is 40.0 Å². The van der Waals surface area contributed by atoms with Crippen LogP contribution in [0.3, 0.4) is 0 Å². The van der Waals surface area contributed by atoms with Crippen molar-refractivity contribution in [1.29, 1.82) is 0 Å². The molecule has 1 aliphatic rings. The topological polar surface area (TPSA) is 193 Å². The third-order valence-electron chi connectivity index (χ3n) is 9.19. The van der Waals surface area contributed by atoms with Crippen molar-refractivity contribution >= 4 is 35.0 Å². The number of rotatable bonds is 15. The van der Waals surface area contributed by atoms with Gasteiger partial charge in [-0.1, -0.05) is 68.4 Å². The van der Waals surface area contributed by atoms with E-state index in [1.54, 1.807) is 52.3 Å². The lowest BCUT2D eigenvalue weighted by atomic mass is 9.80. The van der Waals surface area contributed by atoms with E-state index in [-0.39, 0.29) is 23.7 Å². The number of H-pyrrole nitrogens is 1. The summed E-state index contributed by atoms with van der Waals surface area (Å²) in [6.07, 6.45) is -6.42. The number of aromatic nitrogens is 4. The summed E-state index contributed by atoms with van der Waals surface area (Å²) in [5.74, 6) is -2.04. The number of ether oxygens (including phenoxy) is 5. The molecular weight excluding hydrogens is 717 g/mol. The third-order valence-corrected chi connectivity index (χ3v) is 9.19. The molecule has 0 bridgehead atoms. The first kappa shape index (κ1) is 38.6. The Kier molecular flexibility index (Phi) is 11.6. The zero-order valence-electron chi connectivity index (χ0n) is 30.4. The molecule has 3 aromatic carbocycles. The van der Waals surface area contributed by atoms with Crippen LogP contribution in [0.15, 0.2) is 90.0 Å². The van der Waals surface area contributed by atoms with Crippen LogP contribution in [0.2, 0.25) is 0 Å². The number of fused-ring (bicyclic) bond motifs is 1. The van der Waals surface area contributed by atoms with Crippen LogP contribution in [0.4, 0.5) is 10.3 Å². The van der Waals surface area contributed by atoms with Gasteiger partial charge in [-0.2, -0.15) is 4.98 Å². The SMILES string of the molecule is COc1ccc(C(OC[C@H]2O[C@@H](n3cnc4c(=O)[nH]c(NC(=O)C(C)C)nc43)C(F)[C@H]2OC(=O)CCC(=O)O)(c2ccccc2)c2ccc(OC)cc2)cc1. The van der Waals surface area contributed by atoms with Gasteiger partial charge >= 0.3 is 11.9 Å². The Morgan fingerprint density at radius 2 is 1.55 bits per heavy atom. The number of amides is 1. The maximum absolute atomic E-state index is 16.8. The number of aliphatic carboxylic acids is 1. The van der Waals surface area contributed by atoms with Crippen molar-refractivity contribution in [2.24, 2.45) is 5.92 Å². The Morgan fingerprint density at radius 3 is 2.11 bits per heavy atom. The largest absolute Gasteiger partial charge is 0.497 e. The number of carboxylic acid groups (broad SMARTS) is 1. The van der Waals surface area contributed by atoms with Gasteiger partial charge < -0.3 is 28.8 Å². The highest BCUT2D eigenvalue weighted by molar-refractivity contribution is 5.91. The number of carbonyl (C=O) groups is 3. The van der Waals surface area contributed by atoms with Crippen molar-refractivity contribution in [3.63, 3.8) is 0 Å². The van der Waals surface area contributed by atoms with E-state index in [4.69, 9.17) is 23.7 Å². The van der Waals surface area contributed by atoms with Gasteiger partial charge in [-0.05, 0) is 41.0 Å². The molecule has 55 heavy (non-hydrogen) atoms. The average molecular weight is 758 g/mol. The number of halogens is 1. The molecule has 0 aliphatic carbocycles. The zero-order valence-corrected chi connectivity index (χ0v) is 30.4. The molecule has 2 aromatic heterocycles. The van der Waals surface area contributed by atoms with Crippen molar-refractivity contribution in [2.75, 3.05) is 26.1 Å². The van der Waals surface area contributed by atoms with E-state index in [1.165, 1.54) is 4.57 Å². The first-order valence-electron chi connectivity index (χ1n) is 17.4. The highest BCUT2D eigenvalue weighted by Crippen LogP contribution is 2.43. The van der Waals surface area contributed by atoms with Gasteiger partial charge in [0.25, 0.3) is 5.56 Å². The molecule has 16 heteroatoms. The van der Waals surface area contributed by atoms with Crippen LogP contribution in [-0.4, -0.2) is 81.7 Å². The smallest absolute Gasteiger partial charge is 0.306 e. The van der Waals surface area contributed by atoms with Crippen molar-refractivity contribution in [3.8, 4) is 11.5 Å². The van der Waals surface area contributed by atoms with Crippen molar-refractivity contribution in [3.05, 3.63) is 112 Å². The molecule has 1 unspecified atom stereocenters. The Labute approximate surface area is 314 Å². The molecule has 0 spiro atoms. The van der Waals surface area contributed by atoms with Gasteiger partial charge in [-0.15, -0.1) is 0 Å². The number of carbonyl (C=O) groups excluding carboxylic acids is 2.